The predicted octanol–water partition coefficient (Wildman–Crippen LogP) is 5.11. The lowest BCUT2D eigenvalue weighted by Gasteiger charge is -2.17. The van der Waals surface area contributed by atoms with Crippen LogP contribution in [-0.2, 0) is 13.0 Å². The lowest BCUT2D eigenvalue weighted by molar-refractivity contribution is 0.223. The first kappa shape index (κ1) is 19.7. The normalized spacial score (nSPS) is 11.0. The van der Waals surface area contributed by atoms with Gasteiger partial charge in [-0.25, -0.2) is 4.39 Å². The summed E-state index contributed by atoms with van der Waals surface area (Å²) in [5.41, 5.74) is 1.80. The number of hydrogen-bond donors (Lipinski definition) is 1. The van der Waals surface area contributed by atoms with Gasteiger partial charge in [-0.1, -0.05) is 34.1 Å². The van der Waals surface area contributed by atoms with Crippen molar-refractivity contribution in [3.63, 3.8) is 0 Å². The number of ether oxygens (including phenoxy) is 2. The van der Waals surface area contributed by atoms with Gasteiger partial charge in [-0.3, -0.25) is 0 Å². The topological polar surface area (TPSA) is 30.5 Å². The summed E-state index contributed by atoms with van der Waals surface area (Å²) < 4.78 is 26.1. The maximum Gasteiger partial charge on any atom is 0.162 e. The van der Waals surface area contributed by atoms with E-state index in [1.54, 1.807) is 6.07 Å². The van der Waals surface area contributed by atoms with Crippen LogP contribution in [0, 0.1) is 5.82 Å². The Kier molecular flexibility index (Phi) is 7.72. The lowest BCUT2D eigenvalue weighted by Crippen LogP contribution is -2.17. The highest BCUT2D eigenvalue weighted by Gasteiger charge is 2.12. The zero-order valence-electron chi connectivity index (χ0n) is 14.9. The number of nitrogens with one attached hydrogen (secondary N) is 1. The fraction of sp³-hybridized carbons (Fsp3) is 0.400. The molecular weight excluding hydrogens is 385 g/mol. The van der Waals surface area contributed by atoms with Gasteiger partial charge in [0.1, 0.15) is 5.82 Å². The standard InChI is InChI=1S/C20H25BrFNO2/c1-4-24-19-11-16(17(21)12-20(19)25-14(2)3)13-23-10-9-15-7-5-6-8-18(15)22/h5-8,11-12,14,23H,4,9-10,13H2,1-3H3. The van der Waals surface area contributed by atoms with Gasteiger partial charge in [0.15, 0.2) is 11.5 Å². The molecule has 0 aliphatic rings. The van der Waals surface area contributed by atoms with E-state index in [1.807, 2.05) is 45.0 Å². The molecule has 0 radical (unpaired) electrons. The highest BCUT2D eigenvalue weighted by Crippen LogP contribution is 2.34. The Bertz CT molecular complexity index is 691. The summed E-state index contributed by atoms with van der Waals surface area (Å²) in [4.78, 5) is 0. The quantitative estimate of drug-likeness (QED) is 0.583. The number of benzene rings is 2. The Balaban J connectivity index is 1.99. The van der Waals surface area contributed by atoms with Gasteiger partial charge in [-0.15, -0.1) is 0 Å². The van der Waals surface area contributed by atoms with Gasteiger partial charge >= 0.3 is 0 Å². The van der Waals surface area contributed by atoms with E-state index in [4.69, 9.17) is 9.47 Å². The first-order valence-electron chi connectivity index (χ1n) is 8.57. The van der Waals surface area contributed by atoms with Crippen molar-refractivity contribution in [2.75, 3.05) is 13.2 Å². The predicted molar refractivity (Wildman–Crippen MR) is 103 cm³/mol. The summed E-state index contributed by atoms with van der Waals surface area (Å²) >= 11 is 3.60. The molecule has 0 fully saturated rings. The summed E-state index contributed by atoms with van der Waals surface area (Å²) in [5, 5.41) is 3.35. The van der Waals surface area contributed by atoms with E-state index >= 15 is 0 Å². The van der Waals surface area contributed by atoms with Crippen LogP contribution in [0.4, 0.5) is 4.39 Å². The number of hydrogen-bond acceptors (Lipinski definition) is 3. The van der Waals surface area contributed by atoms with Crippen molar-refractivity contribution in [2.24, 2.45) is 0 Å². The molecule has 2 aromatic carbocycles. The Hall–Kier alpha value is -1.59. The van der Waals surface area contributed by atoms with Crippen molar-refractivity contribution < 1.29 is 13.9 Å². The third-order valence-corrected chi connectivity index (χ3v) is 4.36. The average Bonchev–Trinajstić information content (AvgIpc) is 2.56. The fourth-order valence-corrected chi connectivity index (χ4v) is 2.94. The molecule has 2 rings (SSSR count). The van der Waals surface area contributed by atoms with Gasteiger partial charge < -0.3 is 14.8 Å². The molecule has 0 aliphatic heterocycles. The third-order valence-electron chi connectivity index (χ3n) is 3.62. The van der Waals surface area contributed by atoms with Crippen LogP contribution in [0.5, 0.6) is 11.5 Å². The lowest BCUT2D eigenvalue weighted by atomic mass is 10.1. The summed E-state index contributed by atoms with van der Waals surface area (Å²) in [5.74, 6) is 1.32. The fourth-order valence-electron chi connectivity index (χ4n) is 2.47. The van der Waals surface area contributed by atoms with Crippen molar-refractivity contribution in [1.29, 1.82) is 0 Å². The van der Waals surface area contributed by atoms with Gasteiger partial charge in [0.25, 0.3) is 0 Å². The molecule has 0 amide bonds. The van der Waals surface area contributed by atoms with E-state index in [2.05, 4.69) is 21.2 Å². The zero-order valence-corrected chi connectivity index (χ0v) is 16.5. The average molecular weight is 410 g/mol. The summed E-state index contributed by atoms with van der Waals surface area (Å²) in [6.45, 7) is 7.87. The molecular formula is C20H25BrFNO2. The van der Waals surface area contributed by atoms with Crippen LogP contribution in [0.2, 0.25) is 0 Å². The minimum absolute atomic E-state index is 0.0795. The van der Waals surface area contributed by atoms with Crippen molar-refractivity contribution in [1.82, 2.24) is 5.32 Å². The molecule has 3 nitrogen and oxygen atoms in total. The van der Waals surface area contributed by atoms with Crippen LogP contribution in [0.3, 0.4) is 0 Å². The van der Waals surface area contributed by atoms with Gasteiger partial charge in [0.2, 0.25) is 0 Å². The molecule has 2 aromatic rings. The van der Waals surface area contributed by atoms with Crippen LogP contribution in [0.15, 0.2) is 40.9 Å². The number of rotatable bonds is 9. The second kappa shape index (κ2) is 9.78. The van der Waals surface area contributed by atoms with E-state index < -0.39 is 0 Å². The van der Waals surface area contributed by atoms with Gasteiger partial charge in [-0.2, -0.15) is 0 Å². The maximum atomic E-state index is 13.6. The van der Waals surface area contributed by atoms with Crippen molar-refractivity contribution in [3.8, 4) is 11.5 Å². The Morgan fingerprint density at radius 2 is 1.88 bits per heavy atom. The maximum absolute atomic E-state index is 13.6. The van der Waals surface area contributed by atoms with Crippen LogP contribution in [0.25, 0.3) is 0 Å². The molecule has 0 bridgehead atoms. The summed E-state index contributed by atoms with van der Waals surface area (Å²) in [6.07, 6.45) is 0.729. The molecule has 0 saturated carbocycles. The highest BCUT2D eigenvalue weighted by atomic mass is 79.9. The molecule has 5 heteroatoms. The molecule has 0 heterocycles. The second-order valence-corrected chi connectivity index (χ2v) is 6.86. The molecule has 0 spiro atoms. The highest BCUT2D eigenvalue weighted by molar-refractivity contribution is 9.10. The molecule has 1 N–H and O–H groups in total. The minimum atomic E-state index is -0.153. The van der Waals surface area contributed by atoms with Crippen molar-refractivity contribution in [2.45, 2.75) is 39.8 Å². The summed E-state index contributed by atoms with van der Waals surface area (Å²) in [7, 11) is 0. The van der Waals surface area contributed by atoms with Crippen molar-refractivity contribution >= 4 is 15.9 Å². The molecule has 0 unspecified atom stereocenters. The molecule has 0 aromatic heterocycles. The van der Waals surface area contributed by atoms with Crippen LogP contribution < -0.4 is 14.8 Å². The molecule has 0 saturated heterocycles. The Morgan fingerprint density at radius 3 is 2.56 bits per heavy atom. The number of halogens is 2. The van der Waals surface area contributed by atoms with Crippen LogP contribution >= 0.6 is 15.9 Å². The van der Waals surface area contributed by atoms with E-state index in [-0.39, 0.29) is 11.9 Å². The molecule has 25 heavy (non-hydrogen) atoms. The second-order valence-electron chi connectivity index (χ2n) is 6.01. The van der Waals surface area contributed by atoms with E-state index in [0.29, 0.717) is 26.1 Å². The first-order valence-corrected chi connectivity index (χ1v) is 9.36. The van der Waals surface area contributed by atoms with Crippen molar-refractivity contribution in [3.05, 3.63) is 57.8 Å². The first-order chi connectivity index (χ1) is 12.0. The minimum Gasteiger partial charge on any atom is -0.490 e. The Labute approximate surface area is 157 Å². The SMILES string of the molecule is CCOc1cc(CNCCc2ccccc2F)c(Br)cc1OC(C)C. The van der Waals surface area contributed by atoms with E-state index in [1.165, 1.54) is 6.07 Å². The van der Waals surface area contributed by atoms with E-state index in [9.17, 15) is 4.39 Å². The smallest absolute Gasteiger partial charge is 0.162 e. The zero-order chi connectivity index (χ0) is 18.2. The molecule has 0 aliphatic carbocycles. The summed E-state index contributed by atoms with van der Waals surface area (Å²) in [6, 6.07) is 10.8. The largest absolute Gasteiger partial charge is 0.490 e. The van der Waals surface area contributed by atoms with E-state index in [0.717, 1.165) is 27.1 Å². The van der Waals surface area contributed by atoms with Gasteiger partial charge in [0, 0.05) is 11.0 Å². The van der Waals surface area contributed by atoms with Crippen LogP contribution in [0.1, 0.15) is 31.9 Å². The van der Waals surface area contributed by atoms with Gasteiger partial charge in [-0.05, 0) is 63.1 Å². The Morgan fingerprint density at radius 1 is 1.12 bits per heavy atom. The molecule has 0 atom stereocenters. The van der Waals surface area contributed by atoms with Gasteiger partial charge in [0.05, 0.1) is 12.7 Å². The monoisotopic (exact) mass is 409 g/mol. The molecule has 136 valence electrons. The van der Waals surface area contributed by atoms with Crippen LogP contribution in [-0.4, -0.2) is 19.3 Å². The third kappa shape index (κ3) is 6.01.